The van der Waals surface area contributed by atoms with Gasteiger partial charge in [0.25, 0.3) is 0 Å². The zero-order valence-corrected chi connectivity index (χ0v) is 10.4. The van der Waals surface area contributed by atoms with Crippen LogP contribution in [0, 0.1) is 5.41 Å². The van der Waals surface area contributed by atoms with E-state index in [4.69, 9.17) is 15.4 Å². The summed E-state index contributed by atoms with van der Waals surface area (Å²) in [4.78, 5) is 0. The van der Waals surface area contributed by atoms with Gasteiger partial charge in [0.05, 0.1) is 11.4 Å². The van der Waals surface area contributed by atoms with Gasteiger partial charge < -0.3 is 4.74 Å². The molecule has 0 aliphatic carbocycles. The van der Waals surface area contributed by atoms with Crippen LogP contribution in [0.5, 0.6) is 0 Å². The Morgan fingerprint density at radius 2 is 1.93 bits per heavy atom. The first-order valence-corrected chi connectivity index (χ1v) is 7.13. The smallest absolute Gasteiger partial charge is 0.235 e. The lowest BCUT2D eigenvalue weighted by Gasteiger charge is -2.36. The lowest BCUT2D eigenvalue weighted by molar-refractivity contribution is -0.0457. The maximum absolute atomic E-state index is 11.2. The molecule has 5 heteroatoms. The van der Waals surface area contributed by atoms with Gasteiger partial charge >= 0.3 is 0 Å². The van der Waals surface area contributed by atoms with E-state index in [0.29, 0.717) is 19.4 Å². The van der Waals surface area contributed by atoms with E-state index >= 15 is 0 Å². The Kier molecular flexibility index (Phi) is 3.49. The fraction of sp³-hybridized carbons (Fsp3) is 1.00. The van der Waals surface area contributed by atoms with Gasteiger partial charge in [-0.15, -0.1) is 0 Å². The van der Waals surface area contributed by atoms with Crippen LogP contribution in [0.4, 0.5) is 0 Å². The highest BCUT2D eigenvalue weighted by Crippen LogP contribution is 2.32. The van der Waals surface area contributed by atoms with Gasteiger partial charge in [0.1, 0.15) is 0 Å². The van der Waals surface area contributed by atoms with Gasteiger partial charge in [-0.05, 0) is 18.3 Å². The normalized spacial score (nSPS) is 30.3. The molecule has 0 N–H and O–H groups in total. The van der Waals surface area contributed by atoms with Gasteiger partial charge in [0.2, 0.25) is 9.05 Å². The molecule has 14 heavy (non-hydrogen) atoms. The second-order valence-electron chi connectivity index (χ2n) is 4.85. The minimum Gasteiger partial charge on any atom is -0.378 e. The lowest BCUT2D eigenvalue weighted by Crippen LogP contribution is -2.39. The zero-order chi connectivity index (χ0) is 11.0. The predicted molar refractivity (Wildman–Crippen MR) is 57.0 cm³/mol. The molecule has 84 valence electrons. The lowest BCUT2D eigenvalue weighted by atomic mass is 9.85. The molecule has 0 saturated carbocycles. The molecule has 0 radical (unpaired) electrons. The van der Waals surface area contributed by atoms with E-state index in [1.54, 1.807) is 0 Å². The highest BCUT2D eigenvalue weighted by atomic mass is 35.7. The van der Waals surface area contributed by atoms with Gasteiger partial charge in [-0.3, -0.25) is 0 Å². The van der Waals surface area contributed by atoms with Crippen molar-refractivity contribution in [3.8, 4) is 0 Å². The quantitative estimate of drug-likeness (QED) is 0.660. The summed E-state index contributed by atoms with van der Waals surface area (Å²) in [5.74, 6) is 0. The van der Waals surface area contributed by atoms with Crippen molar-refractivity contribution >= 4 is 19.7 Å². The average Bonchev–Trinajstić information content (AvgIpc) is 2.01. The van der Waals surface area contributed by atoms with Crippen molar-refractivity contribution in [1.29, 1.82) is 0 Å². The minimum atomic E-state index is -3.43. The molecule has 0 spiro atoms. The molecule has 2 unspecified atom stereocenters. The van der Waals surface area contributed by atoms with Crippen molar-refractivity contribution in [2.75, 3.05) is 6.61 Å². The second kappa shape index (κ2) is 3.99. The summed E-state index contributed by atoms with van der Waals surface area (Å²) in [5, 5.41) is -0.442. The third kappa shape index (κ3) is 3.11. The van der Waals surface area contributed by atoms with Crippen molar-refractivity contribution in [1.82, 2.24) is 0 Å². The van der Waals surface area contributed by atoms with Crippen LogP contribution in [-0.2, 0) is 13.8 Å². The Balaban J connectivity index is 2.71. The molecule has 0 bridgehead atoms. The molecule has 1 saturated heterocycles. The van der Waals surface area contributed by atoms with Gasteiger partial charge in [-0.2, -0.15) is 0 Å². The number of halogens is 1. The van der Waals surface area contributed by atoms with Crippen molar-refractivity contribution in [3.63, 3.8) is 0 Å². The minimum absolute atomic E-state index is 0.0187. The fourth-order valence-electron chi connectivity index (χ4n) is 1.63. The summed E-state index contributed by atoms with van der Waals surface area (Å²) in [6.07, 6.45) is 1.00. The van der Waals surface area contributed by atoms with Crippen LogP contribution in [0.25, 0.3) is 0 Å². The highest BCUT2D eigenvalue weighted by molar-refractivity contribution is 8.14. The molecule has 1 aliphatic heterocycles. The summed E-state index contributed by atoms with van der Waals surface area (Å²) in [5.41, 5.74) is -0.0275. The molecular weight excluding hydrogens is 224 g/mol. The third-order valence-corrected chi connectivity index (χ3v) is 4.58. The summed E-state index contributed by atoms with van der Waals surface area (Å²) < 4.78 is 27.9. The Bertz CT molecular complexity index is 292. The first-order chi connectivity index (χ1) is 6.21. The van der Waals surface area contributed by atoms with E-state index in [1.807, 2.05) is 20.8 Å². The van der Waals surface area contributed by atoms with E-state index < -0.39 is 14.3 Å². The van der Waals surface area contributed by atoms with Crippen LogP contribution in [0.2, 0.25) is 0 Å². The number of hydrogen-bond acceptors (Lipinski definition) is 3. The van der Waals surface area contributed by atoms with Gasteiger partial charge in [-0.25, -0.2) is 8.42 Å². The van der Waals surface area contributed by atoms with Crippen LogP contribution in [0.1, 0.15) is 33.6 Å². The van der Waals surface area contributed by atoms with Gasteiger partial charge in [0.15, 0.2) is 0 Å². The molecule has 1 fully saturated rings. The third-order valence-electron chi connectivity index (χ3n) is 2.60. The number of rotatable bonds is 1. The van der Waals surface area contributed by atoms with Crippen LogP contribution in [-0.4, -0.2) is 26.4 Å². The summed E-state index contributed by atoms with van der Waals surface area (Å²) in [6, 6.07) is 0. The van der Waals surface area contributed by atoms with Crippen LogP contribution < -0.4 is 0 Å². The highest BCUT2D eigenvalue weighted by Gasteiger charge is 2.36. The molecule has 2 atom stereocenters. The number of hydrogen-bond donors (Lipinski definition) is 0. The van der Waals surface area contributed by atoms with Gasteiger partial charge in [0, 0.05) is 17.3 Å². The molecule has 1 heterocycles. The molecule has 0 amide bonds. The first-order valence-electron chi connectivity index (χ1n) is 4.76. The van der Waals surface area contributed by atoms with E-state index in [0.717, 1.165) is 0 Å². The predicted octanol–water partition coefficient (Wildman–Crippen LogP) is 2.15. The van der Waals surface area contributed by atoms with E-state index in [2.05, 4.69) is 0 Å². The molecule has 1 rings (SSSR count). The van der Waals surface area contributed by atoms with Crippen molar-refractivity contribution < 1.29 is 13.2 Å². The van der Waals surface area contributed by atoms with Crippen molar-refractivity contribution in [3.05, 3.63) is 0 Å². The van der Waals surface area contributed by atoms with E-state index in [9.17, 15) is 8.42 Å². The summed E-state index contributed by atoms with van der Waals surface area (Å²) >= 11 is 0. The summed E-state index contributed by atoms with van der Waals surface area (Å²) in [7, 11) is 1.92. The van der Waals surface area contributed by atoms with Crippen LogP contribution in [0.3, 0.4) is 0 Å². The molecule has 0 aromatic rings. The monoisotopic (exact) mass is 240 g/mol. The van der Waals surface area contributed by atoms with E-state index in [1.165, 1.54) is 0 Å². The maximum Gasteiger partial charge on any atom is 0.235 e. The SMILES string of the molecule is CC(C)(C)C1CC(S(=O)(=O)Cl)CCO1. The molecule has 3 nitrogen and oxygen atoms in total. The Labute approximate surface area is 90.2 Å². The second-order valence-corrected chi connectivity index (χ2v) is 7.76. The topological polar surface area (TPSA) is 43.4 Å². The largest absolute Gasteiger partial charge is 0.378 e. The standard InChI is InChI=1S/C9H17ClO3S/c1-9(2,3)8-6-7(4-5-13-8)14(10,11)12/h7-8H,4-6H2,1-3H3. The Morgan fingerprint density at radius 1 is 1.36 bits per heavy atom. The van der Waals surface area contributed by atoms with Crippen LogP contribution >= 0.6 is 10.7 Å². The van der Waals surface area contributed by atoms with Crippen LogP contribution in [0.15, 0.2) is 0 Å². The Hall–Kier alpha value is 0.200. The molecule has 0 aromatic carbocycles. The first kappa shape index (κ1) is 12.3. The zero-order valence-electron chi connectivity index (χ0n) is 8.79. The fourth-order valence-corrected chi connectivity index (χ4v) is 2.89. The Morgan fingerprint density at radius 3 is 2.36 bits per heavy atom. The maximum atomic E-state index is 11.2. The molecule has 0 aromatic heterocycles. The van der Waals surface area contributed by atoms with Crippen molar-refractivity contribution in [2.45, 2.75) is 45.0 Å². The van der Waals surface area contributed by atoms with E-state index in [-0.39, 0.29) is 11.5 Å². The van der Waals surface area contributed by atoms with Gasteiger partial charge in [-0.1, -0.05) is 20.8 Å². The van der Waals surface area contributed by atoms with Crippen molar-refractivity contribution in [2.24, 2.45) is 5.41 Å². The number of ether oxygens (including phenoxy) is 1. The molecular formula is C9H17ClO3S. The average molecular weight is 241 g/mol. The summed E-state index contributed by atoms with van der Waals surface area (Å²) in [6.45, 7) is 6.61. The molecule has 1 aliphatic rings.